The number of amides is 1. The van der Waals surface area contributed by atoms with Crippen molar-refractivity contribution in [2.45, 2.75) is 46.2 Å². The summed E-state index contributed by atoms with van der Waals surface area (Å²) in [6.07, 6.45) is -4.63. The van der Waals surface area contributed by atoms with Crippen LogP contribution in [-0.4, -0.2) is 20.5 Å². The number of fused-ring (bicyclic) bond motifs is 1. The van der Waals surface area contributed by atoms with Crippen LogP contribution in [0.5, 0.6) is 0 Å². The van der Waals surface area contributed by atoms with Crippen molar-refractivity contribution in [2.75, 3.05) is 5.32 Å². The smallest absolute Gasteiger partial charge is 0.320 e. The lowest BCUT2D eigenvalue weighted by Crippen LogP contribution is -2.20. The summed E-state index contributed by atoms with van der Waals surface area (Å²) in [4.78, 5) is 16.9. The quantitative estimate of drug-likeness (QED) is 0.676. The molecular formula is C20H21F3N4O. The van der Waals surface area contributed by atoms with Crippen molar-refractivity contribution in [1.82, 2.24) is 14.6 Å². The molecule has 5 nitrogen and oxygen atoms in total. The average Bonchev–Trinajstić information content (AvgIpc) is 2.99. The van der Waals surface area contributed by atoms with E-state index >= 15 is 0 Å². The maximum atomic E-state index is 13.6. The lowest BCUT2D eigenvalue weighted by molar-refractivity contribution is -0.142. The fourth-order valence-electron chi connectivity index (χ4n) is 2.73. The van der Waals surface area contributed by atoms with E-state index in [4.69, 9.17) is 0 Å². The van der Waals surface area contributed by atoms with Crippen molar-refractivity contribution in [3.05, 3.63) is 58.5 Å². The van der Waals surface area contributed by atoms with Crippen molar-refractivity contribution < 1.29 is 18.0 Å². The highest BCUT2D eigenvalue weighted by atomic mass is 19.4. The Morgan fingerprint density at radius 3 is 2.36 bits per heavy atom. The lowest BCUT2D eigenvalue weighted by Gasteiger charge is -2.19. The number of carbonyl (C=O) groups excluding carboxylic acids is 1. The number of aromatic nitrogens is 3. The third-order valence-electron chi connectivity index (χ3n) is 4.36. The highest BCUT2D eigenvalue weighted by Gasteiger charge is 2.36. The predicted octanol–water partition coefficient (Wildman–Crippen LogP) is 4.91. The molecule has 0 saturated carbocycles. The maximum absolute atomic E-state index is 13.6. The van der Waals surface area contributed by atoms with Crippen LogP contribution < -0.4 is 5.32 Å². The van der Waals surface area contributed by atoms with Gasteiger partial charge in [-0.25, -0.2) is 9.50 Å². The monoisotopic (exact) mass is 390 g/mol. The van der Waals surface area contributed by atoms with Gasteiger partial charge in [-0.2, -0.15) is 18.3 Å². The van der Waals surface area contributed by atoms with E-state index in [0.29, 0.717) is 10.2 Å². The minimum atomic E-state index is -4.63. The molecule has 1 amide bonds. The molecule has 0 unspecified atom stereocenters. The number of nitrogens with one attached hydrogen (secondary N) is 1. The maximum Gasteiger partial charge on any atom is 0.433 e. The molecule has 2 heterocycles. The Balaban J connectivity index is 2.08. The topological polar surface area (TPSA) is 59.3 Å². The van der Waals surface area contributed by atoms with Gasteiger partial charge in [0.2, 0.25) is 0 Å². The number of hydrogen-bond acceptors (Lipinski definition) is 3. The van der Waals surface area contributed by atoms with Crippen LogP contribution in [0.1, 0.15) is 53.8 Å². The molecule has 0 bridgehead atoms. The zero-order valence-corrected chi connectivity index (χ0v) is 16.3. The van der Waals surface area contributed by atoms with E-state index in [0.717, 1.165) is 17.2 Å². The van der Waals surface area contributed by atoms with Gasteiger partial charge in [0.15, 0.2) is 11.3 Å². The fourth-order valence-corrected chi connectivity index (χ4v) is 2.73. The number of anilines is 1. The summed E-state index contributed by atoms with van der Waals surface area (Å²) in [6, 6.07) is 7.80. The van der Waals surface area contributed by atoms with E-state index in [1.807, 2.05) is 26.0 Å². The first-order valence-corrected chi connectivity index (χ1v) is 8.73. The molecule has 0 spiro atoms. The van der Waals surface area contributed by atoms with Gasteiger partial charge >= 0.3 is 6.18 Å². The molecule has 1 aromatic carbocycles. The molecule has 28 heavy (non-hydrogen) atoms. The van der Waals surface area contributed by atoms with Crippen molar-refractivity contribution in [3.8, 4) is 0 Å². The Morgan fingerprint density at radius 1 is 1.07 bits per heavy atom. The zero-order chi connectivity index (χ0) is 20.9. The van der Waals surface area contributed by atoms with Crippen molar-refractivity contribution in [1.29, 1.82) is 0 Å². The summed E-state index contributed by atoms with van der Waals surface area (Å²) in [5.74, 6) is -0.593. The minimum Gasteiger partial charge on any atom is -0.320 e. The van der Waals surface area contributed by atoms with Gasteiger partial charge in [-0.1, -0.05) is 32.9 Å². The number of alkyl halides is 3. The predicted molar refractivity (Wildman–Crippen MR) is 101 cm³/mol. The van der Waals surface area contributed by atoms with Gasteiger partial charge in [-0.15, -0.1) is 0 Å². The van der Waals surface area contributed by atoms with Crippen LogP contribution in [-0.2, 0) is 11.6 Å². The van der Waals surface area contributed by atoms with Gasteiger partial charge < -0.3 is 5.32 Å². The van der Waals surface area contributed by atoms with E-state index in [1.54, 1.807) is 26.8 Å². The van der Waals surface area contributed by atoms with Gasteiger partial charge in [0.05, 0.1) is 5.69 Å². The number of nitrogens with zero attached hydrogens (tertiary/aromatic N) is 3. The molecule has 0 saturated heterocycles. The Hall–Kier alpha value is -2.90. The molecule has 0 atom stereocenters. The molecule has 0 aliphatic carbocycles. The first-order chi connectivity index (χ1) is 12.9. The first-order valence-electron chi connectivity index (χ1n) is 8.73. The van der Waals surface area contributed by atoms with Crippen molar-refractivity contribution in [3.63, 3.8) is 0 Å². The molecule has 0 fully saturated rings. The van der Waals surface area contributed by atoms with Crippen molar-refractivity contribution >= 4 is 17.2 Å². The molecule has 3 aromatic rings. The number of hydrogen-bond donors (Lipinski definition) is 1. The number of aryl methyl sites for hydroxylation is 2. The van der Waals surface area contributed by atoms with Crippen LogP contribution in [0.3, 0.4) is 0 Å². The SMILES string of the molecule is Cc1ccc(C)c(NC(=O)c2cc3nc(C(C)(C)C)cc(C(F)(F)F)n3n2)c1. The Morgan fingerprint density at radius 2 is 1.75 bits per heavy atom. The Bertz CT molecular complexity index is 1060. The fraction of sp³-hybridized carbons (Fsp3) is 0.350. The molecule has 1 N–H and O–H groups in total. The summed E-state index contributed by atoms with van der Waals surface area (Å²) < 4.78 is 41.3. The normalized spacial score (nSPS) is 12.4. The molecule has 0 aliphatic heterocycles. The molecule has 0 radical (unpaired) electrons. The van der Waals surface area contributed by atoms with E-state index < -0.39 is 23.2 Å². The highest BCUT2D eigenvalue weighted by Crippen LogP contribution is 2.32. The molecule has 0 aliphatic rings. The second-order valence-electron chi connectivity index (χ2n) is 7.85. The van der Waals surface area contributed by atoms with E-state index in [9.17, 15) is 18.0 Å². The Labute approximate surface area is 160 Å². The van der Waals surface area contributed by atoms with Crippen LogP contribution in [0.2, 0.25) is 0 Å². The standard InChI is InChI=1S/C20H21F3N4O/c1-11-6-7-12(2)13(8-11)24-18(28)14-9-17-25-15(19(3,4)5)10-16(20(21,22)23)27(17)26-14/h6-10H,1-5H3,(H,24,28). The van der Waals surface area contributed by atoms with Crippen LogP contribution in [0.15, 0.2) is 30.3 Å². The average molecular weight is 390 g/mol. The summed E-state index contributed by atoms with van der Waals surface area (Å²) in [5, 5.41) is 6.58. The number of benzene rings is 1. The molecule has 2 aromatic heterocycles. The molecular weight excluding hydrogens is 369 g/mol. The lowest BCUT2D eigenvalue weighted by atomic mass is 9.91. The zero-order valence-electron chi connectivity index (χ0n) is 16.3. The number of carbonyl (C=O) groups is 1. The van der Waals surface area contributed by atoms with Gasteiger partial charge in [-0.05, 0) is 37.1 Å². The first kappa shape index (κ1) is 19.9. The molecule has 148 valence electrons. The molecule has 3 rings (SSSR count). The van der Waals surface area contributed by atoms with Gasteiger partial charge in [-0.3, -0.25) is 4.79 Å². The van der Waals surface area contributed by atoms with E-state index in [-0.39, 0.29) is 17.0 Å². The third-order valence-corrected chi connectivity index (χ3v) is 4.36. The highest BCUT2D eigenvalue weighted by molar-refractivity contribution is 6.03. The number of rotatable bonds is 2. The number of halogens is 3. The summed E-state index contributed by atoms with van der Waals surface area (Å²) in [6.45, 7) is 9.04. The molecule has 8 heteroatoms. The van der Waals surface area contributed by atoms with Gasteiger partial charge in [0.25, 0.3) is 5.91 Å². The second kappa shape index (κ2) is 6.61. The van der Waals surface area contributed by atoms with Gasteiger partial charge in [0, 0.05) is 17.2 Å². The van der Waals surface area contributed by atoms with Crippen LogP contribution in [0, 0.1) is 13.8 Å². The summed E-state index contributed by atoms with van der Waals surface area (Å²) >= 11 is 0. The van der Waals surface area contributed by atoms with E-state index in [2.05, 4.69) is 15.4 Å². The summed E-state index contributed by atoms with van der Waals surface area (Å²) in [7, 11) is 0. The second-order valence-corrected chi connectivity index (χ2v) is 7.85. The van der Waals surface area contributed by atoms with Crippen LogP contribution >= 0.6 is 0 Å². The van der Waals surface area contributed by atoms with Crippen LogP contribution in [0.4, 0.5) is 18.9 Å². The van der Waals surface area contributed by atoms with E-state index in [1.165, 1.54) is 6.07 Å². The van der Waals surface area contributed by atoms with Gasteiger partial charge in [0.1, 0.15) is 5.69 Å². The van der Waals surface area contributed by atoms with Crippen molar-refractivity contribution in [2.24, 2.45) is 0 Å². The van der Waals surface area contributed by atoms with Crippen LogP contribution in [0.25, 0.3) is 5.65 Å². The Kier molecular flexibility index (Phi) is 4.69. The largest absolute Gasteiger partial charge is 0.433 e. The minimum absolute atomic E-state index is 0.0223. The summed E-state index contributed by atoms with van der Waals surface area (Å²) in [5.41, 5.74) is 0.936. The third kappa shape index (κ3) is 3.85.